The minimum atomic E-state index is -0.707. The number of amides is 2. The Morgan fingerprint density at radius 2 is 2.11 bits per heavy atom. The lowest BCUT2D eigenvalue weighted by atomic mass is 10.1. The SMILES string of the molecule is Cc1cc(Cl)cc(CNC(=O)C2CCN(c3ccc4[nH]c(=O)sc4c3)C2=O)c1. The minimum Gasteiger partial charge on any atom is -0.351 e. The fraction of sp³-hybridized carbons (Fsp3) is 0.250. The summed E-state index contributed by atoms with van der Waals surface area (Å²) in [5, 5.41) is 3.46. The van der Waals surface area contributed by atoms with E-state index in [2.05, 4.69) is 10.3 Å². The molecule has 3 aromatic rings. The molecule has 144 valence electrons. The quantitative estimate of drug-likeness (QED) is 0.642. The maximum atomic E-state index is 12.8. The average molecular weight is 416 g/mol. The van der Waals surface area contributed by atoms with E-state index in [9.17, 15) is 14.4 Å². The van der Waals surface area contributed by atoms with Crippen LogP contribution in [0.1, 0.15) is 17.5 Å². The van der Waals surface area contributed by atoms with Crippen molar-refractivity contribution in [2.24, 2.45) is 5.92 Å². The number of aryl methyl sites for hydroxylation is 1. The van der Waals surface area contributed by atoms with Crippen LogP contribution in [0.5, 0.6) is 0 Å². The lowest BCUT2D eigenvalue weighted by Gasteiger charge is -2.17. The van der Waals surface area contributed by atoms with E-state index in [0.29, 0.717) is 30.2 Å². The largest absolute Gasteiger partial charge is 0.351 e. The number of hydrogen-bond acceptors (Lipinski definition) is 4. The Hall–Kier alpha value is -2.64. The van der Waals surface area contributed by atoms with Gasteiger partial charge in [-0.3, -0.25) is 14.4 Å². The van der Waals surface area contributed by atoms with Gasteiger partial charge in [-0.25, -0.2) is 0 Å². The van der Waals surface area contributed by atoms with Gasteiger partial charge in [0, 0.05) is 23.8 Å². The van der Waals surface area contributed by atoms with Gasteiger partial charge in [-0.15, -0.1) is 0 Å². The highest BCUT2D eigenvalue weighted by molar-refractivity contribution is 7.16. The van der Waals surface area contributed by atoms with Gasteiger partial charge in [0.05, 0.1) is 10.2 Å². The first-order chi connectivity index (χ1) is 13.4. The van der Waals surface area contributed by atoms with Crippen LogP contribution in [0, 0.1) is 12.8 Å². The predicted octanol–water partition coefficient (Wildman–Crippen LogP) is 3.22. The fourth-order valence-electron chi connectivity index (χ4n) is 3.51. The van der Waals surface area contributed by atoms with Crippen molar-refractivity contribution < 1.29 is 9.59 Å². The van der Waals surface area contributed by atoms with Crippen LogP contribution < -0.4 is 15.1 Å². The summed E-state index contributed by atoms with van der Waals surface area (Å²) in [6.45, 7) is 2.73. The second-order valence-corrected chi connectivity index (χ2v) is 8.33. The van der Waals surface area contributed by atoms with Crippen molar-refractivity contribution in [3.8, 4) is 0 Å². The molecule has 1 saturated heterocycles. The highest BCUT2D eigenvalue weighted by Gasteiger charge is 2.37. The first-order valence-corrected chi connectivity index (χ1v) is 10.1. The van der Waals surface area contributed by atoms with Crippen LogP contribution in [-0.2, 0) is 16.1 Å². The molecule has 28 heavy (non-hydrogen) atoms. The van der Waals surface area contributed by atoms with Crippen molar-refractivity contribution in [1.29, 1.82) is 0 Å². The third-order valence-corrected chi connectivity index (χ3v) is 5.87. The number of halogens is 1. The second kappa shape index (κ2) is 7.41. The molecule has 2 N–H and O–H groups in total. The van der Waals surface area contributed by atoms with E-state index in [1.807, 2.05) is 25.1 Å². The first-order valence-electron chi connectivity index (χ1n) is 8.89. The van der Waals surface area contributed by atoms with Crippen molar-refractivity contribution >= 4 is 50.7 Å². The summed E-state index contributed by atoms with van der Waals surface area (Å²) in [6, 6.07) is 11.0. The Bertz CT molecular complexity index is 1120. The van der Waals surface area contributed by atoms with Gasteiger partial charge < -0.3 is 15.2 Å². The van der Waals surface area contributed by atoms with Crippen LogP contribution in [0.3, 0.4) is 0 Å². The number of H-pyrrole nitrogens is 1. The van der Waals surface area contributed by atoms with Gasteiger partial charge in [-0.1, -0.05) is 29.0 Å². The van der Waals surface area contributed by atoms with Crippen molar-refractivity contribution in [3.05, 3.63) is 62.2 Å². The molecule has 1 aliphatic rings. The van der Waals surface area contributed by atoms with Crippen molar-refractivity contribution in [2.75, 3.05) is 11.4 Å². The van der Waals surface area contributed by atoms with E-state index in [0.717, 1.165) is 32.7 Å². The summed E-state index contributed by atoms with van der Waals surface area (Å²) in [6.07, 6.45) is 0.459. The molecule has 0 aliphatic carbocycles. The van der Waals surface area contributed by atoms with Crippen molar-refractivity contribution in [3.63, 3.8) is 0 Å². The number of benzene rings is 2. The monoisotopic (exact) mass is 415 g/mol. The summed E-state index contributed by atoms with van der Waals surface area (Å²) >= 11 is 7.15. The number of carbonyl (C=O) groups excluding carboxylic acids is 2. The average Bonchev–Trinajstić information content (AvgIpc) is 3.19. The summed E-state index contributed by atoms with van der Waals surface area (Å²) < 4.78 is 0.791. The van der Waals surface area contributed by atoms with Gasteiger partial charge >= 0.3 is 4.87 Å². The van der Waals surface area contributed by atoms with Gasteiger partial charge in [-0.05, 0) is 54.8 Å². The standard InChI is InChI=1S/C20H18ClN3O3S/c1-11-6-12(8-13(21)7-11)10-22-18(25)15-4-5-24(19(15)26)14-2-3-16-17(9-14)28-20(27)23-16/h2-3,6-9,15H,4-5,10H2,1H3,(H,22,25)(H,23,27). The molecule has 1 atom stereocenters. The van der Waals surface area contributed by atoms with Gasteiger partial charge in [0.2, 0.25) is 11.8 Å². The zero-order valence-corrected chi connectivity index (χ0v) is 16.7. The van der Waals surface area contributed by atoms with Crippen LogP contribution in [0.15, 0.2) is 41.2 Å². The molecule has 2 amide bonds. The lowest BCUT2D eigenvalue weighted by molar-refractivity contribution is -0.132. The van der Waals surface area contributed by atoms with E-state index >= 15 is 0 Å². The van der Waals surface area contributed by atoms with E-state index in [-0.39, 0.29) is 16.7 Å². The Kier molecular flexibility index (Phi) is 4.95. The Morgan fingerprint density at radius 3 is 2.89 bits per heavy atom. The van der Waals surface area contributed by atoms with E-state index < -0.39 is 5.92 Å². The molecule has 1 fully saturated rings. The van der Waals surface area contributed by atoms with E-state index in [1.165, 1.54) is 0 Å². The summed E-state index contributed by atoms with van der Waals surface area (Å²) in [7, 11) is 0. The number of carbonyl (C=O) groups is 2. The van der Waals surface area contributed by atoms with Crippen molar-refractivity contribution in [1.82, 2.24) is 10.3 Å². The molecule has 0 radical (unpaired) electrons. The molecule has 0 spiro atoms. The second-order valence-electron chi connectivity index (χ2n) is 6.88. The Balaban J connectivity index is 1.45. The molecule has 1 aliphatic heterocycles. The normalized spacial score (nSPS) is 16.7. The zero-order chi connectivity index (χ0) is 19.8. The summed E-state index contributed by atoms with van der Waals surface area (Å²) in [5.74, 6) is -1.21. The van der Waals surface area contributed by atoms with Crippen LogP contribution in [-0.4, -0.2) is 23.3 Å². The molecule has 2 aromatic carbocycles. The number of rotatable bonds is 4. The van der Waals surface area contributed by atoms with Gasteiger partial charge in [0.15, 0.2) is 0 Å². The number of nitrogens with one attached hydrogen (secondary N) is 2. The number of thiazole rings is 1. The maximum absolute atomic E-state index is 12.8. The molecular formula is C20H18ClN3O3S. The molecule has 2 heterocycles. The van der Waals surface area contributed by atoms with Crippen LogP contribution >= 0.6 is 22.9 Å². The molecular weight excluding hydrogens is 398 g/mol. The van der Waals surface area contributed by atoms with Crippen LogP contribution in [0.4, 0.5) is 5.69 Å². The summed E-state index contributed by atoms with van der Waals surface area (Å²) in [5.41, 5.74) is 3.36. The highest BCUT2D eigenvalue weighted by Crippen LogP contribution is 2.28. The molecule has 0 saturated carbocycles. The Labute approximate surface area is 170 Å². The van der Waals surface area contributed by atoms with Crippen LogP contribution in [0.25, 0.3) is 10.2 Å². The van der Waals surface area contributed by atoms with E-state index in [4.69, 9.17) is 11.6 Å². The van der Waals surface area contributed by atoms with Crippen LogP contribution in [0.2, 0.25) is 5.02 Å². The predicted molar refractivity (Wildman–Crippen MR) is 111 cm³/mol. The number of nitrogens with zero attached hydrogens (tertiary/aromatic N) is 1. The minimum absolute atomic E-state index is 0.131. The third kappa shape index (κ3) is 3.68. The number of hydrogen-bond donors (Lipinski definition) is 2. The first kappa shape index (κ1) is 18.7. The molecule has 1 unspecified atom stereocenters. The number of anilines is 1. The summed E-state index contributed by atoms with van der Waals surface area (Å²) in [4.78, 5) is 41.0. The zero-order valence-electron chi connectivity index (χ0n) is 15.1. The van der Waals surface area contributed by atoms with E-state index in [1.54, 1.807) is 23.1 Å². The number of aromatic amines is 1. The molecule has 8 heteroatoms. The maximum Gasteiger partial charge on any atom is 0.305 e. The van der Waals surface area contributed by atoms with Gasteiger partial charge in [0.1, 0.15) is 5.92 Å². The molecule has 0 bridgehead atoms. The topological polar surface area (TPSA) is 82.3 Å². The Morgan fingerprint density at radius 1 is 1.29 bits per heavy atom. The molecule has 1 aromatic heterocycles. The van der Waals surface area contributed by atoms with Gasteiger partial charge in [-0.2, -0.15) is 0 Å². The van der Waals surface area contributed by atoms with Crippen molar-refractivity contribution in [2.45, 2.75) is 19.9 Å². The highest BCUT2D eigenvalue weighted by atomic mass is 35.5. The fourth-order valence-corrected chi connectivity index (χ4v) is 4.59. The smallest absolute Gasteiger partial charge is 0.305 e. The number of aromatic nitrogens is 1. The molecule has 6 nitrogen and oxygen atoms in total. The third-order valence-electron chi connectivity index (χ3n) is 4.81. The molecule has 4 rings (SSSR count). The number of fused-ring (bicyclic) bond motifs is 1. The lowest BCUT2D eigenvalue weighted by Crippen LogP contribution is -2.36. The van der Waals surface area contributed by atoms with Gasteiger partial charge in [0.25, 0.3) is 0 Å².